The molecule has 0 fully saturated rings. The lowest BCUT2D eigenvalue weighted by Gasteiger charge is -2.24. The number of benzene rings is 2. The van der Waals surface area contributed by atoms with E-state index in [9.17, 15) is 4.79 Å². The Kier molecular flexibility index (Phi) is 5.12. The Balaban J connectivity index is 1.93. The molecule has 0 saturated carbocycles. The van der Waals surface area contributed by atoms with Gasteiger partial charge in [-0.15, -0.1) is 0 Å². The molecule has 2 aromatic rings. The number of rotatable bonds is 5. The van der Waals surface area contributed by atoms with E-state index in [1.54, 1.807) is 0 Å². The predicted octanol–water partition coefficient (Wildman–Crippen LogP) is 3.45. The summed E-state index contributed by atoms with van der Waals surface area (Å²) < 4.78 is 0. The molecule has 1 atom stereocenters. The summed E-state index contributed by atoms with van der Waals surface area (Å²) in [4.78, 5) is 14.3. The quantitative estimate of drug-likeness (QED) is 0.911. The number of carbonyl (C=O) groups excluding carboxylic acids is 1. The summed E-state index contributed by atoms with van der Waals surface area (Å²) in [5.74, 6) is 0.0114. The van der Waals surface area contributed by atoms with Gasteiger partial charge in [-0.05, 0) is 38.6 Å². The van der Waals surface area contributed by atoms with E-state index >= 15 is 0 Å². The van der Waals surface area contributed by atoms with E-state index < -0.39 is 0 Å². The number of anilines is 1. The number of hydrogen-bond acceptors (Lipinski definition) is 2. The van der Waals surface area contributed by atoms with E-state index in [1.807, 2.05) is 68.3 Å². The Labute approximate surface area is 126 Å². The molecule has 0 aliphatic heterocycles. The number of nitrogens with zero attached hydrogens (tertiary/aromatic N) is 1. The minimum absolute atomic E-state index is 0.0114. The topological polar surface area (TPSA) is 32.3 Å². The van der Waals surface area contributed by atoms with E-state index in [-0.39, 0.29) is 11.9 Å². The highest BCUT2D eigenvalue weighted by Gasteiger charge is 2.18. The maximum absolute atomic E-state index is 12.3. The number of amides is 1. The molecule has 0 aliphatic rings. The van der Waals surface area contributed by atoms with Crippen LogP contribution in [0.3, 0.4) is 0 Å². The Morgan fingerprint density at radius 2 is 1.71 bits per heavy atom. The first-order chi connectivity index (χ1) is 10.1. The van der Waals surface area contributed by atoms with Crippen LogP contribution in [0.4, 0.5) is 5.69 Å². The van der Waals surface area contributed by atoms with Crippen molar-refractivity contribution in [3.8, 4) is 0 Å². The van der Waals surface area contributed by atoms with E-state index in [0.29, 0.717) is 0 Å². The molecule has 0 unspecified atom stereocenters. The lowest BCUT2D eigenvalue weighted by molar-refractivity contribution is -0.120. The van der Waals surface area contributed by atoms with Crippen molar-refractivity contribution < 1.29 is 4.79 Å². The van der Waals surface area contributed by atoms with E-state index in [0.717, 1.165) is 12.2 Å². The summed E-state index contributed by atoms with van der Waals surface area (Å²) in [6.07, 6.45) is 0. The molecule has 1 N–H and O–H groups in total. The fourth-order valence-electron chi connectivity index (χ4n) is 2.09. The Morgan fingerprint density at radius 3 is 2.33 bits per heavy atom. The second-order valence-corrected chi connectivity index (χ2v) is 5.43. The third-order valence-corrected chi connectivity index (χ3v) is 3.63. The van der Waals surface area contributed by atoms with Crippen molar-refractivity contribution >= 4 is 11.6 Å². The molecule has 110 valence electrons. The molecule has 0 aromatic heterocycles. The summed E-state index contributed by atoms with van der Waals surface area (Å²) in [7, 11) is 1.96. The first-order valence-corrected chi connectivity index (χ1v) is 7.18. The second kappa shape index (κ2) is 7.04. The maximum Gasteiger partial charge on any atom is 0.241 e. The molecule has 21 heavy (non-hydrogen) atoms. The molecule has 0 radical (unpaired) electrons. The van der Waals surface area contributed by atoms with Crippen LogP contribution in [0.1, 0.15) is 18.1 Å². The van der Waals surface area contributed by atoms with E-state index in [4.69, 9.17) is 0 Å². The van der Waals surface area contributed by atoms with E-state index in [2.05, 4.69) is 17.4 Å². The average Bonchev–Trinajstić information content (AvgIpc) is 2.49. The largest absolute Gasteiger partial charge is 0.325 e. The molecule has 0 spiro atoms. The van der Waals surface area contributed by atoms with Crippen molar-refractivity contribution in [3.05, 3.63) is 65.7 Å². The van der Waals surface area contributed by atoms with Crippen LogP contribution >= 0.6 is 0 Å². The van der Waals surface area contributed by atoms with Crippen molar-refractivity contribution in [2.24, 2.45) is 0 Å². The van der Waals surface area contributed by atoms with Gasteiger partial charge in [0.05, 0.1) is 6.04 Å². The van der Waals surface area contributed by atoms with Crippen LogP contribution in [-0.4, -0.2) is 23.9 Å². The van der Waals surface area contributed by atoms with Gasteiger partial charge in [-0.2, -0.15) is 0 Å². The fourth-order valence-corrected chi connectivity index (χ4v) is 2.09. The van der Waals surface area contributed by atoms with Crippen LogP contribution in [0.2, 0.25) is 0 Å². The van der Waals surface area contributed by atoms with Gasteiger partial charge in [0.15, 0.2) is 0 Å². The Morgan fingerprint density at radius 1 is 1.10 bits per heavy atom. The van der Waals surface area contributed by atoms with Crippen molar-refractivity contribution in [1.29, 1.82) is 0 Å². The maximum atomic E-state index is 12.3. The van der Waals surface area contributed by atoms with Gasteiger partial charge in [-0.1, -0.05) is 48.0 Å². The summed E-state index contributed by atoms with van der Waals surface area (Å²) >= 11 is 0. The highest BCUT2D eigenvalue weighted by atomic mass is 16.2. The van der Waals surface area contributed by atoms with Crippen LogP contribution in [0.15, 0.2) is 54.6 Å². The third kappa shape index (κ3) is 4.43. The fraction of sp³-hybridized carbons (Fsp3) is 0.278. The zero-order valence-electron chi connectivity index (χ0n) is 12.8. The van der Waals surface area contributed by atoms with Crippen LogP contribution in [0.25, 0.3) is 0 Å². The van der Waals surface area contributed by atoms with Gasteiger partial charge >= 0.3 is 0 Å². The van der Waals surface area contributed by atoms with Gasteiger partial charge in [-0.25, -0.2) is 0 Å². The van der Waals surface area contributed by atoms with Gasteiger partial charge in [-0.3, -0.25) is 9.69 Å². The normalized spacial score (nSPS) is 12.2. The van der Waals surface area contributed by atoms with Gasteiger partial charge in [0.2, 0.25) is 5.91 Å². The molecule has 1 amide bonds. The van der Waals surface area contributed by atoms with Crippen LogP contribution in [0, 0.1) is 6.92 Å². The van der Waals surface area contributed by atoms with Gasteiger partial charge < -0.3 is 5.32 Å². The number of likely N-dealkylation sites (N-methyl/N-ethyl adjacent to an activating group) is 1. The smallest absolute Gasteiger partial charge is 0.241 e. The standard InChI is InChI=1S/C18H22N2O/c1-14-9-11-17(12-10-14)19-18(21)15(2)20(3)13-16-7-5-4-6-8-16/h4-12,15H,13H2,1-3H3,(H,19,21)/t15-/m1/s1. The first kappa shape index (κ1) is 15.3. The number of aryl methyl sites for hydroxylation is 1. The first-order valence-electron chi connectivity index (χ1n) is 7.18. The summed E-state index contributed by atoms with van der Waals surface area (Å²) in [5, 5.41) is 2.95. The highest BCUT2D eigenvalue weighted by Crippen LogP contribution is 2.11. The monoisotopic (exact) mass is 282 g/mol. The van der Waals surface area contributed by atoms with E-state index in [1.165, 1.54) is 11.1 Å². The molecule has 3 heteroatoms. The molecule has 3 nitrogen and oxygen atoms in total. The van der Waals surface area contributed by atoms with Crippen molar-refractivity contribution in [2.45, 2.75) is 26.4 Å². The molecule has 0 aliphatic carbocycles. The molecule has 0 bridgehead atoms. The molecular formula is C18H22N2O. The Bertz CT molecular complexity index is 578. The Hall–Kier alpha value is -2.13. The SMILES string of the molecule is Cc1ccc(NC(=O)[C@@H](C)N(C)Cc2ccccc2)cc1. The average molecular weight is 282 g/mol. The number of hydrogen-bond donors (Lipinski definition) is 1. The molecule has 0 saturated heterocycles. The summed E-state index contributed by atoms with van der Waals surface area (Å²) in [6.45, 7) is 4.71. The zero-order valence-corrected chi connectivity index (χ0v) is 12.8. The molecule has 2 aromatic carbocycles. The van der Waals surface area contributed by atoms with Gasteiger partial charge in [0.1, 0.15) is 0 Å². The van der Waals surface area contributed by atoms with Crippen LogP contribution in [0.5, 0.6) is 0 Å². The second-order valence-electron chi connectivity index (χ2n) is 5.43. The van der Waals surface area contributed by atoms with Crippen molar-refractivity contribution in [1.82, 2.24) is 4.90 Å². The van der Waals surface area contributed by atoms with Crippen molar-refractivity contribution in [2.75, 3.05) is 12.4 Å². The van der Waals surface area contributed by atoms with Crippen molar-refractivity contribution in [3.63, 3.8) is 0 Å². The van der Waals surface area contributed by atoms with Crippen LogP contribution in [-0.2, 0) is 11.3 Å². The molecule has 2 rings (SSSR count). The van der Waals surface area contributed by atoms with Crippen LogP contribution < -0.4 is 5.32 Å². The minimum atomic E-state index is -0.188. The summed E-state index contributed by atoms with van der Waals surface area (Å²) in [5.41, 5.74) is 3.22. The lowest BCUT2D eigenvalue weighted by Crippen LogP contribution is -2.39. The number of nitrogens with one attached hydrogen (secondary N) is 1. The lowest BCUT2D eigenvalue weighted by atomic mass is 10.2. The third-order valence-electron chi connectivity index (χ3n) is 3.63. The molecular weight excluding hydrogens is 260 g/mol. The summed E-state index contributed by atoms with van der Waals surface area (Å²) in [6, 6.07) is 17.8. The predicted molar refractivity (Wildman–Crippen MR) is 87.2 cm³/mol. The minimum Gasteiger partial charge on any atom is -0.325 e. The highest BCUT2D eigenvalue weighted by molar-refractivity contribution is 5.94. The van der Waals surface area contributed by atoms with Gasteiger partial charge in [0.25, 0.3) is 0 Å². The molecule has 0 heterocycles. The van der Waals surface area contributed by atoms with Gasteiger partial charge in [0, 0.05) is 12.2 Å². The number of carbonyl (C=O) groups is 1. The zero-order chi connectivity index (χ0) is 15.2.